The number of amides is 1. The van der Waals surface area contributed by atoms with Crippen LogP contribution in [0.25, 0.3) is 0 Å². The molecule has 8 heteroatoms. The van der Waals surface area contributed by atoms with Gasteiger partial charge in [0.05, 0.1) is 16.3 Å². The summed E-state index contributed by atoms with van der Waals surface area (Å²) in [5.74, 6) is 0.372. The zero-order valence-electron chi connectivity index (χ0n) is 18.6. The van der Waals surface area contributed by atoms with Crippen LogP contribution in [0.15, 0.2) is 77.8 Å². The quantitative estimate of drug-likeness (QED) is 0.555. The Kier molecular flexibility index (Phi) is 6.93. The van der Waals surface area contributed by atoms with Crippen LogP contribution in [0.1, 0.15) is 36.5 Å². The van der Waals surface area contributed by atoms with Gasteiger partial charge in [-0.15, -0.1) is 0 Å². The van der Waals surface area contributed by atoms with Gasteiger partial charge in [0.2, 0.25) is 0 Å². The summed E-state index contributed by atoms with van der Waals surface area (Å²) in [6.07, 6.45) is 5.11. The van der Waals surface area contributed by atoms with E-state index in [0.717, 1.165) is 31.7 Å². The molecule has 1 aliphatic heterocycles. The summed E-state index contributed by atoms with van der Waals surface area (Å²) < 4.78 is 28.0. The van der Waals surface area contributed by atoms with Crippen molar-refractivity contribution in [3.63, 3.8) is 0 Å². The third-order valence-corrected chi connectivity index (χ3v) is 7.61. The van der Waals surface area contributed by atoms with E-state index in [1.54, 1.807) is 55.6 Å². The number of anilines is 3. The van der Waals surface area contributed by atoms with Gasteiger partial charge in [-0.3, -0.25) is 9.10 Å². The summed E-state index contributed by atoms with van der Waals surface area (Å²) in [5.41, 5.74) is 1.47. The number of rotatable bonds is 7. The smallest absolute Gasteiger partial charge is 0.264 e. The number of carbonyl (C=O) groups is 1. The topological polar surface area (TPSA) is 82.6 Å². The van der Waals surface area contributed by atoms with E-state index in [2.05, 4.69) is 15.2 Å². The van der Waals surface area contributed by atoms with Gasteiger partial charge < -0.3 is 10.2 Å². The average molecular weight is 465 g/mol. The lowest BCUT2D eigenvalue weighted by Gasteiger charge is -2.29. The first kappa shape index (κ1) is 22.8. The second-order valence-electron chi connectivity index (χ2n) is 7.91. The number of aromatic nitrogens is 1. The average Bonchev–Trinajstić information content (AvgIpc) is 2.86. The number of piperidine rings is 1. The molecule has 0 bridgehead atoms. The predicted molar refractivity (Wildman–Crippen MR) is 131 cm³/mol. The molecule has 1 N–H and O–H groups in total. The van der Waals surface area contributed by atoms with Gasteiger partial charge in [-0.2, -0.15) is 0 Å². The van der Waals surface area contributed by atoms with Gasteiger partial charge in [-0.05, 0) is 68.7 Å². The zero-order valence-corrected chi connectivity index (χ0v) is 19.5. The Balaban J connectivity index is 1.59. The summed E-state index contributed by atoms with van der Waals surface area (Å²) in [6, 6.07) is 18.7. The number of hydrogen-bond acceptors (Lipinski definition) is 5. The Bertz CT molecular complexity index is 1210. The summed E-state index contributed by atoms with van der Waals surface area (Å²) >= 11 is 0. The molecule has 2 heterocycles. The standard InChI is InChI=1S/C25H28N4O3S/c1-2-29(21-12-5-3-6-13-21)33(31,32)22-14-9-11-20(19-22)25(30)27-23-15-10-16-26-24(23)28-17-7-4-8-18-28/h3,5-6,9-16,19H,2,4,7-8,17-18H2,1H3,(H,27,30). The Morgan fingerprint density at radius 2 is 1.76 bits per heavy atom. The number of nitrogens with zero attached hydrogens (tertiary/aromatic N) is 3. The van der Waals surface area contributed by atoms with Crippen LogP contribution >= 0.6 is 0 Å². The molecular weight excluding hydrogens is 436 g/mol. The zero-order chi connectivity index (χ0) is 23.3. The molecule has 2 aromatic carbocycles. The van der Waals surface area contributed by atoms with Crippen LogP contribution < -0.4 is 14.5 Å². The van der Waals surface area contributed by atoms with Gasteiger partial charge in [0.1, 0.15) is 0 Å². The Hall–Kier alpha value is -3.39. The summed E-state index contributed by atoms with van der Waals surface area (Å²) in [4.78, 5) is 19.8. The largest absolute Gasteiger partial charge is 0.355 e. The minimum Gasteiger partial charge on any atom is -0.355 e. The first-order valence-corrected chi connectivity index (χ1v) is 12.6. The number of hydrogen-bond donors (Lipinski definition) is 1. The van der Waals surface area contributed by atoms with Crippen molar-refractivity contribution >= 4 is 33.1 Å². The SMILES string of the molecule is CCN(c1ccccc1)S(=O)(=O)c1cccc(C(=O)Nc2cccnc2N2CCCCC2)c1. The van der Waals surface area contributed by atoms with Gasteiger partial charge in [-0.1, -0.05) is 24.3 Å². The van der Waals surface area contributed by atoms with Crippen molar-refractivity contribution in [1.82, 2.24) is 4.98 Å². The highest BCUT2D eigenvalue weighted by atomic mass is 32.2. The molecule has 1 aliphatic rings. The lowest BCUT2D eigenvalue weighted by molar-refractivity contribution is 0.102. The van der Waals surface area contributed by atoms with Crippen molar-refractivity contribution < 1.29 is 13.2 Å². The van der Waals surface area contributed by atoms with E-state index in [1.165, 1.54) is 22.9 Å². The maximum absolute atomic E-state index is 13.3. The Morgan fingerprint density at radius 3 is 2.48 bits per heavy atom. The van der Waals surface area contributed by atoms with Gasteiger partial charge in [-0.25, -0.2) is 13.4 Å². The molecule has 0 unspecified atom stereocenters. The van der Waals surface area contributed by atoms with E-state index in [9.17, 15) is 13.2 Å². The molecule has 4 rings (SSSR count). The van der Waals surface area contributed by atoms with Crippen molar-refractivity contribution in [3.05, 3.63) is 78.5 Å². The molecule has 1 saturated heterocycles. The maximum atomic E-state index is 13.3. The van der Waals surface area contributed by atoms with Crippen LogP contribution in [0.2, 0.25) is 0 Å². The molecule has 0 saturated carbocycles. The summed E-state index contributed by atoms with van der Waals surface area (Å²) in [7, 11) is -3.83. The van der Waals surface area contributed by atoms with Gasteiger partial charge >= 0.3 is 0 Å². The second kappa shape index (κ2) is 10.0. The Labute approximate surface area is 195 Å². The van der Waals surface area contributed by atoms with E-state index in [-0.39, 0.29) is 22.9 Å². The first-order chi connectivity index (χ1) is 16.0. The lowest BCUT2D eigenvalue weighted by atomic mass is 10.1. The van der Waals surface area contributed by atoms with Gasteiger partial charge in [0, 0.05) is 31.4 Å². The molecule has 3 aromatic rings. The molecule has 172 valence electrons. The summed E-state index contributed by atoms with van der Waals surface area (Å²) in [5, 5.41) is 2.93. The molecule has 7 nitrogen and oxygen atoms in total. The number of carbonyl (C=O) groups excluding carboxylic acids is 1. The minimum absolute atomic E-state index is 0.0725. The van der Waals surface area contributed by atoms with Crippen LogP contribution in [0.3, 0.4) is 0 Å². The minimum atomic E-state index is -3.83. The van der Waals surface area contributed by atoms with Crippen molar-refractivity contribution in [2.45, 2.75) is 31.1 Å². The fourth-order valence-electron chi connectivity index (χ4n) is 4.06. The highest BCUT2D eigenvalue weighted by Crippen LogP contribution is 2.27. The predicted octanol–water partition coefficient (Wildman–Crippen LogP) is 4.54. The molecule has 0 aliphatic carbocycles. The van der Waals surface area contributed by atoms with Crippen molar-refractivity contribution in [2.24, 2.45) is 0 Å². The highest BCUT2D eigenvalue weighted by Gasteiger charge is 2.25. The second-order valence-corrected chi connectivity index (χ2v) is 9.77. The molecular formula is C25H28N4O3S. The Morgan fingerprint density at radius 1 is 1.00 bits per heavy atom. The third-order valence-electron chi connectivity index (χ3n) is 5.71. The van der Waals surface area contributed by atoms with Crippen molar-refractivity contribution in [1.29, 1.82) is 0 Å². The maximum Gasteiger partial charge on any atom is 0.264 e. The van der Waals surface area contributed by atoms with E-state index in [4.69, 9.17) is 0 Å². The molecule has 1 amide bonds. The van der Waals surface area contributed by atoms with Crippen molar-refractivity contribution in [2.75, 3.05) is 34.2 Å². The highest BCUT2D eigenvalue weighted by molar-refractivity contribution is 7.92. The number of benzene rings is 2. The number of nitrogens with one attached hydrogen (secondary N) is 1. The van der Waals surface area contributed by atoms with Crippen molar-refractivity contribution in [3.8, 4) is 0 Å². The van der Waals surface area contributed by atoms with E-state index in [1.807, 2.05) is 12.1 Å². The first-order valence-electron chi connectivity index (χ1n) is 11.2. The lowest BCUT2D eigenvalue weighted by Crippen LogP contribution is -2.31. The number of pyridine rings is 1. The fourth-order valence-corrected chi connectivity index (χ4v) is 5.58. The molecule has 33 heavy (non-hydrogen) atoms. The molecule has 0 spiro atoms. The van der Waals surface area contributed by atoms with Crippen LogP contribution in [-0.2, 0) is 10.0 Å². The summed E-state index contributed by atoms with van der Waals surface area (Å²) in [6.45, 7) is 3.86. The van der Waals surface area contributed by atoms with E-state index in [0.29, 0.717) is 11.4 Å². The molecule has 0 atom stereocenters. The number of para-hydroxylation sites is 1. The molecule has 0 radical (unpaired) electrons. The third kappa shape index (κ3) is 5.01. The fraction of sp³-hybridized carbons (Fsp3) is 0.280. The van der Waals surface area contributed by atoms with Crippen LogP contribution in [0, 0.1) is 0 Å². The van der Waals surface area contributed by atoms with Crippen LogP contribution in [-0.4, -0.2) is 38.9 Å². The van der Waals surface area contributed by atoms with Gasteiger partial charge in [0.25, 0.3) is 15.9 Å². The van der Waals surface area contributed by atoms with Crippen LogP contribution in [0.5, 0.6) is 0 Å². The monoisotopic (exact) mass is 464 g/mol. The van der Waals surface area contributed by atoms with Crippen LogP contribution in [0.4, 0.5) is 17.2 Å². The normalized spacial score (nSPS) is 14.0. The van der Waals surface area contributed by atoms with E-state index >= 15 is 0 Å². The van der Waals surface area contributed by atoms with E-state index < -0.39 is 10.0 Å². The van der Waals surface area contributed by atoms with Gasteiger partial charge in [0.15, 0.2) is 5.82 Å². The number of sulfonamides is 1. The molecule has 1 fully saturated rings. The molecule has 1 aromatic heterocycles.